The molecule has 2 rings (SSSR count). The van der Waals surface area contributed by atoms with Crippen molar-refractivity contribution in [2.24, 2.45) is 0 Å². The molecule has 0 amide bonds. The summed E-state index contributed by atoms with van der Waals surface area (Å²) in [6.07, 6.45) is 0. The number of hydrogen-bond acceptors (Lipinski definition) is 2. The summed E-state index contributed by atoms with van der Waals surface area (Å²) < 4.78 is 1.29. The van der Waals surface area contributed by atoms with E-state index in [1.54, 1.807) is 11.3 Å². The van der Waals surface area contributed by atoms with Gasteiger partial charge in [0.25, 0.3) is 0 Å². The fourth-order valence-corrected chi connectivity index (χ4v) is 2.27. The van der Waals surface area contributed by atoms with Gasteiger partial charge in [0.1, 0.15) is 0 Å². The van der Waals surface area contributed by atoms with E-state index >= 15 is 0 Å². The average Bonchev–Trinajstić information content (AvgIpc) is 2.48. The molecule has 0 saturated carbocycles. The van der Waals surface area contributed by atoms with Crippen LogP contribution in [-0.4, -0.2) is 4.99 Å². The van der Waals surface area contributed by atoms with Crippen LogP contribution in [0.5, 0.6) is 0 Å². The van der Waals surface area contributed by atoms with Gasteiger partial charge >= 0.3 is 0 Å². The first-order valence-corrected chi connectivity index (χ1v) is 5.30. The first-order valence-electron chi connectivity index (χ1n) is 4.01. The first kappa shape index (κ1) is 8.66. The van der Waals surface area contributed by atoms with Crippen LogP contribution in [0, 0.1) is 0 Å². The fourth-order valence-electron chi connectivity index (χ4n) is 1.26. The predicted molar refractivity (Wildman–Crippen MR) is 63.7 cm³/mol. The Morgan fingerprint density at radius 3 is 2.92 bits per heavy atom. The van der Waals surface area contributed by atoms with Crippen molar-refractivity contribution in [2.75, 3.05) is 5.32 Å². The second-order valence-electron chi connectivity index (χ2n) is 2.83. The van der Waals surface area contributed by atoms with Crippen molar-refractivity contribution in [3.05, 3.63) is 29.6 Å². The van der Waals surface area contributed by atoms with Gasteiger partial charge in [-0.2, -0.15) is 0 Å². The summed E-state index contributed by atoms with van der Waals surface area (Å²) in [7, 11) is 0. The number of thiophene rings is 1. The lowest BCUT2D eigenvalue weighted by Gasteiger charge is -2.00. The Labute approximate surface area is 86.4 Å². The van der Waals surface area contributed by atoms with Crippen LogP contribution in [-0.2, 0) is 0 Å². The summed E-state index contributed by atoms with van der Waals surface area (Å²) >= 11 is 6.73. The Bertz CT molecular complexity index is 445. The molecule has 0 aliphatic heterocycles. The van der Waals surface area contributed by atoms with Crippen LogP contribution in [0.15, 0.2) is 29.6 Å². The number of hydrogen-bond donors (Lipinski definition) is 1. The van der Waals surface area contributed by atoms with Crippen molar-refractivity contribution in [2.45, 2.75) is 6.92 Å². The molecule has 0 radical (unpaired) electrons. The third-order valence-corrected chi connectivity index (χ3v) is 2.86. The lowest BCUT2D eigenvalue weighted by Crippen LogP contribution is -2.01. The molecular weight excluding hydrogens is 198 g/mol. The standard InChI is InChI=1S/C10H9NS2/c1-7(12)11-9-6-13-10-5-3-2-4-8(9)10/h2-6H,1H3,(H,11,12). The van der Waals surface area contributed by atoms with Crippen LogP contribution in [0.4, 0.5) is 5.69 Å². The van der Waals surface area contributed by atoms with Gasteiger partial charge in [0.05, 0.1) is 10.7 Å². The Balaban J connectivity index is 2.51. The monoisotopic (exact) mass is 207 g/mol. The molecule has 0 aliphatic carbocycles. The van der Waals surface area contributed by atoms with Gasteiger partial charge in [-0.3, -0.25) is 0 Å². The van der Waals surface area contributed by atoms with Crippen LogP contribution >= 0.6 is 23.6 Å². The summed E-state index contributed by atoms with van der Waals surface area (Å²) in [5.41, 5.74) is 1.12. The van der Waals surface area contributed by atoms with Gasteiger partial charge in [-0.1, -0.05) is 30.4 Å². The molecule has 2 aromatic rings. The van der Waals surface area contributed by atoms with Crippen LogP contribution in [0.3, 0.4) is 0 Å². The van der Waals surface area contributed by atoms with Crippen molar-refractivity contribution in [3.8, 4) is 0 Å². The van der Waals surface area contributed by atoms with E-state index in [0.29, 0.717) is 0 Å². The molecule has 0 saturated heterocycles. The van der Waals surface area contributed by atoms with Gasteiger partial charge in [0.15, 0.2) is 0 Å². The zero-order valence-electron chi connectivity index (χ0n) is 7.20. The van der Waals surface area contributed by atoms with Crippen molar-refractivity contribution < 1.29 is 0 Å². The highest BCUT2D eigenvalue weighted by molar-refractivity contribution is 7.80. The highest BCUT2D eigenvalue weighted by atomic mass is 32.1. The molecule has 3 heteroatoms. The van der Waals surface area contributed by atoms with Gasteiger partial charge < -0.3 is 5.32 Å². The molecule has 1 aromatic heterocycles. The van der Waals surface area contributed by atoms with Crippen molar-refractivity contribution in [1.29, 1.82) is 0 Å². The number of nitrogens with one attached hydrogen (secondary N) is 1. The molecule has 66 valence electrons. The molecule has 0 bridgehead atoms. The highest BCUT2D eigenvalue weighted by Crippen LogP contribution is 2.29. The lowest BCUT2D eigenvalue weighted by atomic mass is 10.2. The third-order valence-electron chi connectivity index (χ3n) is 1.79. The number of benzene rings is 1. The van der Waals surface area contributed by atoms with Crippen molar-refractivity contribution in [3.63, 3.8) is 0 Å². The molecule has 0 unspecified atom stereocenters. The summed E-state index contributed by atoms with van der Waals surface area (Å²) in [6, 6.07) is 8.31. The number of thiocarbonyl (C=S) groups is 1. The van der Waals surface area contributed by atoms with E-state index in [0.717, 1.165) is 10.7 Å². The van der Waals surface area contributed by atoms with E-state index in [9.17, 15) is 0 Å². The highest BCUT2D eigenvalue weighted by Gasteiger charge is 2.01. The van der Waals surface area contributed by atoms with Gasteiger partial charge in [-0.25, -0.2) is 0 Å². The van der Waals surface area contributed by atoms with E-state index in [4.69, 9.17) is 12.2 Å². The topological polar surface area (TPSA) is 12.0 Å². The second-order valence-corrected chi connectivity index (χ2v) is 4.35. The molecular formula is C10H9NS2. The summed E-state index contributed by atoms with van der Waals surface area (Å²) in [4.78, 5) is 0.809. The Hall–Kier alpha value is -0.930. The van der Waals surface area contributed by atoms with E-state index < -0.39 is 0 Å². The molecule has 1 aromatic carbocycles. The largest absolute Gasteiger partial charge is 0.349 e. The number of anilines is 1. The fraction of sp³-hybridized carbons (Fsp3) is 0.100. The minimum atomic E-state index is 0.809. The van der Waals surface area contributed by atoms with Crippen molar-refractivity contribution >= 4 is 44.3 Å². The minimum absolute atomic E-state index is 0.809. The SMILES string of the molecule is CC(=S)Nc1csc2ccccc12. The molecule has 0 atom stereocenters. The Morgan fingerprint density at radius 1 is 1.38 bits per heavy atom. The summed E-state index contributed by atoms with van der Waals surface area (Å²) in [5, 5.41) is 6.51. The van der Waals surface area contributed by atoms with Gasteiger partial charge in [-0.05, 0) is 13.0 Å². The predicted octanol–water partition coefficient (Wildman–Crippen LogP) is 3.66. The van der Waals surface area contributed by atoms with Gasteiger partial charge in [0, 0.05) is 15.5 Å². The molecule has 1 nitrogen and oxygen atoms in total. The zero-order valence-corrected chi connectivity index (χ0v) is 8.84. The second kappa shape index (κ2) is 3.44. The molecule has 0 aliphatic rings. The normalized spacial score (nSPS) is 10.2. The average molecular weight is 207 g/mol. The van der Waals surface area contributed by atoms with Crippen LogP contribution in [0.1, 0.15) is 6.92 Å². The molecule has 0 spiro atoms. The Kier molecular flexibility index (Phi) is 2.29. The van der Waals surface area contributed by atoms with E-state index in [-0.39, 0.29) is 0 Å². The maximum absolute atomic E-state index is 5.00. The Morgan fingerprint density at radius 2 is 2.15 bits per heavy atom. The maximum Gasteiger partial charge on any atom is 0.0766 e. The van der Waals surface area contributed by atoms with Crippen molar-refractivity contribution in [1.82, 2.24) is 0 Å². The molecule has 13 heavy (non-hydrogen) atoms. The summed E-state index contributed by atoms with van der Waals surface area (Å²) in [6.45, 7) is 1.89. The van der Waals surface area contributed by atoms with Gasteiger partial charge in [-0.15, -0.1) is 11.3 Å². The quantitative estimate of drug-likeness (QED) is 0.716. The lowest BCUT2D eigenvalue weighted by molar-refractivity contribution is 1.75. The maximum atomic E-state index is 5.00. The smallest absolute Gasteiger partial charge is 0.0766 e. The van der Waals surface area contributed by atoms with E-state index in [2.05, 4.69) is 22.8 Å². The molecule has 1 heterocycles. The molecule has 0 fully saturated rings. The third kappa shape index (κ3) is 1.71. The van der Waals surface area contributed by atoms with E-state index in [1.165, 1.54) is 10.1 Å². The summed E-state index contributed by atoms with van der Waals surface area (Å²) in [5.74, 6) is 0. The first-order chi connectivity index (χ1) is 6.27. The van der Waals surface area contributed by atoms with Crippen LogP contribution in [0.2, 0.25) is 0 Å². The van der Waals surface area contributed by atoms with Gasteiger partial charge in [0.2, 0.25) is 0 Å². The number of fused-ring (bicyclic) bond motifs is 1. The van der Waals surface area contributed by atoms with Crippen LogP contribution < -0.4 is 5.32 Å². The number of rotatable bonds is 1. The van der Waals surface area contributed by atoms with E-state index in [1.807, 2.05) is 19.1 Å². The minimum Gasteiger partial charge on any atom is -0.349 e. The zero-order chi connectivity index (χ0) is 9.26. The van der Waals surface area contributed by atoms with Crippen LogP contribution in [0.25, 0.3) is 10.1 Å². The molecule has 1 N–H and O–H groups in total.